The molecular weight excluding hydrogens is 302 g/mol. The first kappa shape index (κ1) is 14.3. The van der Waals surface area contributed by atoms with Gasteiger partial charge >= 0.3 is 0 Å². The number of amides is 1. The van der Waals surface area contributed by atoms with E-state index in [0.29, 0.717) is 13.0 Å². The van der Waals surface area contributed by atoms with Gasteiger partial charge in [-0.3, -0.25) is 4.79 Å². The molecule has 102 valence electrons. The quantitative estimate of drug-likeness (QED) is 0.757. The highest BCUT2D eigenvalue weighted by Gasteiger charge is 2.13. The lowest BCUT2D eigenvalue weighted by molar-refractivity contribution is -0.129. The van der Waals surface area contributed by atoms with E-state index in [2.05, 4.69) is 34.1 Å². The Balaban J connectivity index is 1.90. The molecule has 1 amide bonds. The van der Waals surface area contributed by atoms with E-state index in [0.717, 1.165) is 22.9 Å². The molecular formula is C16H20BrNO. The average Bonchev–Trinajstić information content (AvgIpc) is 2.40. The van der Waals surface area contributed by atoms with Crippen LogP contribution in [0.4, 0.5) is 0 Å². The maximum Gasteiger partial charge on any atom is 0.226 e. The Morgan fingerprint density at radius 2 is 2.21 bits per heavy atom. The van der Waals surface area contributed by atoms with Crippen molar-refractivity contribution in [2.75, 3.05) is 7.05 Å². The van der Waals surface area contributed by atoms with E-state index >= 15 is 0 Å². The molecule has 0 saturated heterocycles. The van der Waals surface area contributed by atoms with Crippen molar-refractivity contribution in [3.63, 3.8) is 0 Å². The summed E-state index contributed by atoms with van der Waals surface area (Å²) in [6.45, 7) is 0.672. The first-order chi connectivity index (χ1) is 9.15. The number of hydrogen-bond acceptors (Lipinski definition) is 1. The second-order valence-electron chi connectivity index (χ2n) is 5.16. The smallest absolute Gasteiger partial charge is 0.226 e. The highest BCUT2D eigenvalue weighted by Crippen LogP contribution is 2.21. The molecule has 0 bridgehead atoms. The molecule has 0 aliphatic heterocycles. The molecule has 0 heterocycles. The third kappa shape index (κ3) is 4.50. The highest BCUT2D eigenvalue weighted by molar-refractivity contribution is 9.10. The topological polar surface area (TPSA) is 20.3 Å². The second kappa shape index (κ2) is 6.90. The highest BCUT2D eigenvalue weighted by atomic mass is 79.9. The Morgan fingerprint density at radius 1 is 1.37 bits per heavy atom. The van der Waals surface area contributed by atoms with E-state index in [1.807, 2.05) is 24.1 Å². The lowest BCUT2D eigenvalue weighted by atomic mass is 9.97. The van der Waals surface area contributed by atoms with Crippen molar-refractivity contribution in [2.24, 2.45) is 0 Å². The van der Waals surface area contributed by atoms with Crippen molar-refractivity contribution in [1.82, 2.24) is 4.90 Å². The third-order valence-corrected chi connectivity index (χ3v) is 3.99. The SMILES string of the molecule is CN(Cc1cccc(Br)c1)C(=O)CC1=CCCCC1. The van der Waals surface area contributed by atoms with Crippen LogP contribution in [0.15, 0.2) is 40.4 Å². The maximum absolute atomic E-state index is 12.2. The molecule has 0 fully saturated rings. The molecule has 0 unspecified atom stereocenters. The fourth-order valence-corrected chi connectivity index (χ4v) is 2.84. The molecule has 1 aliphatic rings. The maximum atomic E-state index is 12.2. The van der Waals surface area contributed by atoms with Crippen LogP contribution in [0.2, 0.25) is 0 Å². The zero-order valence-corrected chi connectivity index (χ0v) is 12.9. The summed E-state index contributed by atoms with van der Waals surface area (Å²) in [6, 6.07) is 8.11. The first-order valence-electron chi connectivity index (χ1n) is 6.81. The Hall–Kier alpha value is -1.09. The number of carbonyl (C=O) groups is 1. The molecule has 0 atom stereocenters. The van der Waals surface area contributed by atoms with Gasteiger partial charge in [-0.25, -0.2) is 0 Å². The predicted octanol–water partition coefficient (Wildman–Crippen LogP) is 4.30. The van der Waals surface area contributed by atoms with E-state index in [-0.39, 0.29) is 5.91 Å². The molecule has 0 spiro atoms. The van der Waals surface area contributed by atoms with Gasteiger partial charge in [0.25, 0.3) is 0 Å². The van der Waals surface area contributed by atoms with Gasteiger partial charge in [0.05, 0.1) is 0 Å². The third-order valence-electron chi connectivity index (χ3n) is 3.50. The van der Waals surface area contributed by atoms with Gasteiger partial charge in [-0.05, 0) is 43.4 Å². The van der Waals surface area contributed by atoms with Gasteiger partial charge in [0.15, 0.2) is 0 Å². The van der Waals surface area contributed by atoms with Crippen LogP contribution in [0.1, 0.15) is 37.7 Å². The normalized spacial score (nSPS) is 14.9. The summed E-state index contributed by atoms with van der Waals surface area (Å²) < 4.78 is 1.06. The van der Waals surface area contributed by atoms with Crippen molar-refractivity contribution >= 4 is 21.8 Å². The van der Waals surface area contributed by atoms with Crippen molar-refractivity contribution in [3.8, 4) is 0 Å². The van der Waals surface area contributed by atoms with Gasteiger partial charge in [0.2, 0.25) is 5.91 Å². The van der Waals surface area contributed by atoms with E-state index in [9.17, 15) is 4.79 Å². The zero-order chi connectivity index (χ0) is 13.7. The van der Waals surface area contributed by atoms with Crippen molar-refractivity contribution in [1.29, 1.82) is 0 Å². The summed E-state index contributed by atoms with van der Waals surface area (Å²) >= 11 is 3.46. The number of halogens is 1. The van der Waals surface area contributed by atoms with E-state index < -0.39 is 0 Å². The standard InChI is InChI=1S/C16H20BrNO/c1-18(12-14-8-5-9-15(17)10-14)16(19)11-13-6-3-2-4-7-13/h5-6,8-10H,2-4,7,11-12H2,1H3. The van der Waals surface area contributed by atoms with Gasteiger partial charge < -0.3 is 4.90 Å². The number of allylic oxidation sites excluding steroid dienone is 1. The molecule has 0 saturated carbocycles. The Bertz CT molecular complexity index is 481. The first-order valence-corrected chi connectivity index (χ1v) is 7.61. The minimum absolute atomic E-state index is 0.216. The van der Waals surface area contributed by atoms with E-state index in [4.69, 9.17) is 0 Å². The number of carbonyl (C=O) groups excluding carboxylic acids is 1. The summed E-state index contributed by atoms with van der Waals surface area (Å²) in [5, 5.41) is 0. The van der Waals surface area contributed by atoms with Crippen LogP contribution in [0, 0.1) is 0 Å². The minimum atomic E-state index is 0.216. The Kier molecular flexibility index (Phi) is 5.20. The number of nitrogens with zero attached hydrogens (tertiary/aromatic N) is 1. The monoisotopic (exact) mass is 321 g/mol. The largest absolute Gasteiger partial charge is 0.341 e. The van der Waals surface area contributed by atoms with Gasteiger partial charge in [0, 0.05) is 24.5 Å². The van der Waals surface area contributed by atoms with Crippen LogP contribution in [-0.2, 0) is 11.3 Å². The van der Waals surface area contributed by atoms with Crippen LogP contribution in [0.5, 0.6) is 0 Å². The lowest BCUT2D eigenvalue weighted by Crippen LogP contribution is -2.26. The fourth-order valence-electron chi connectivity index (χ4n) is 2.39. The van der Waals surface area contributed by atoms with Gasteiger partial charge in [0.1, 0.15) is 0 Å². The predicted molar refractivity (Wildman–Crippen MR) is 81.8 cm³/mol. The van der Waals surface area contributed by atoms with Gasteiger partial charge in [-0.1, -0.05) is 39.7 Å². The van der Waals surface area contributed by atoms with E-state index in [1.54, 1.807) is 0 Å². The summed E-state index contributed by atoms with van der Waals surface area (Å²) in [6.07, 6.45) is 7.56. The van der Waals surface area contributed by atoms with Crippen molar-refractivity contribution in [3.05, 3.63) is 46.0 Å². The number of benzene rings is 1. The minimum Gasteiger partial charge on any atom is -0.341 e. The van der Waals surface area contributed by atoms with Crippen LogP contribution in [-0.4, -0.2) is 17.9 Å². The number of hydrogen-bond donors (Lipinski definition) is 0. The van der Waals surface area contributed by atoms with Crippen LogP contribution in [0.25, 0.3) is 0 Å². The molecule has 19 heavy (non-hydrogen) atoms. The molecule has 3 heteroatoms. The molecule has 1 aromatic rings. The average molecular weight is 322 g/mol. The van der Waals surface area contributed by atoms with Crippen molar-refractivity contribution in [2.45, 2.75) is 38.6 Å². The van der Waals surface area contributed by atoms with Crippen molar-refractivity contribution < 1.29 is 4.79 Å². The molecule has 0 radical (unpaired) electrons. The van der Waals surface area contributed by atoms with Gasteiger partial charge in [-0.15, -0.1) is 0 Å². The summed E-state index contributed by atoms with van der Waals surface area (Å²) in [4.78, 5) is 14.0. The molecule has 2 rings (SSSR count). The molecule has 0 aromatic heterocycles. The number of rotatable bonds is 4. The molecule has 2 nitrogen and oxygen atoms in total. The van der Waals surface area contributed by atoms with E-state index in [1.165, 1.54) is 18.4 Å². The summed E-state index contributed by atoms with van der Waals surface area (Å²) in [5.41, 5.74) is 2.47. The van der Waals surface area contributed by atoms with Crippen LogP contribution < -0.4 is 0 Å². The molecule has 0 N–H and O–H groups in total. The fraction of sp³-hybridized carbons (Fsp3) is 0.438. The molecule has 1 aromatic carbocycles. The Morgan fingerprint density at radius 3 is 2.89 bits per heavy atom. The zero-order valence-electron chi connectivity index (χ0n) is 11.4. The van der Waals surface area contributed by atoms with Crippen LogP contribution >= 0.6 is 15.9 Å². The Labute approximate surface area is 123 Å². The second-order valence-corrected chi connectivity index (χ2v) is 6.08. The van der Waals surface area contributed by atoms with Gasteiger partial charge in [-0.2, -0.15) is 0 Å². The summed E-state index contributed by atoms with van der Waals surface area (Å²) in [5.74, 6) is 0.216. The lowest BCUT2D eigenvalue weighted by Gasteiger charge is -2.19. The molecule has 1 aliphatic carbocycles. The summed E-state index contributed by atoms with van der Waals surface area (Å²) in [7, 11) is 1.88. The van der Waals surface area contributed by atoms with Crippen LogP contribution in [0.3, 0.4) is 0 Å².